The summed E-state index contributed by atoms with van der Waals surface area (Å²) in [6.07, 6.45) is 6.23. The number of carbonyl (C=O) groups excluding carboxylic acids is 3. The molecule has 3 atom stereocenters. The number of carbonyl (C=O) groups is 3. The van der Waals surface area contributed by atoms with E-state index in [1.54, 1.807) is 32.9 Å². The lowest BCUT2D eigenvalue weighted by molar-refractivity contribution is -0.220. The highest BCUT2D eigenvalue weighted by molar-refractivity contribution is 6.91. The molecule has 0 N–H and O–H groups in total. The van der Waals surface area contributed by atoms with Crippen molar-refractivity contribution >= 4 is 31.2 Å². The van der Waals surface area contributed by atoms with E-state index in [4.69, 9.17) is 19.0 Å². The van der Waals surface area contributed by atoms with Gasteiger partial charge < -0.3 is 19.0 Å². The third-order valence-corrected chi connectivity index (χ3v) is 12.1. The average Bonchev–Trinajstić information content (AvgIpc) is 3.27. The molecule has 0 saturated heterocycles. The fraction of sp³-hybridized carbons (Fsp3) is 0.621. The van der Waals surface area contributed by atoms with Gasteiger partial charge in [0.15, 0.2) is 0 Å². The van der Waals surface area contributed by atoms with Crippen molar-refractivity contribution in [2.45, 2.75) is 77.0 Å². The molecule has 1 aliphatic rings. The molecule has 1 aromatic rings. The Morgan fingerprint density at radius 3 is 2.24 bits per heavy atom. The summed E-state index contributed by atoms with van der Waals surface area (Å²) in [5.41, 5.74) is -0.323. The summed E-state index contributed by atoms with van der Waals surface area (Å²) in [4.78, 5) is 43.2. The molecule has 1 aliphatic carbocycles. The lowest BCUT2D eigenvalue weighted by Crippen LogP contribution is -2.56. The molecule has 0 spiro atoms. The molecule has 212 valence electrons. The van der Waals surface area contributed by atoms with E-state index in [0.717, 1.165) is 12.8 Å². The molecule has 0 radical (unpaired) electrons. The number of rotatable bonds is 15. The quantitative estimate of drug-likeness (QED) is 0.105. The Kier molecular flexibility index (Phi) is 12.7. The average molecular weight is 548 g/mol. The van der Waals surface area contributed by atoms with Crippen LogP contribution in [-0.4, -0.2) is 70.1 Å². The highest BCUT2D eigenvalue weighted by atomic mass is 28.3. The van der Waals surface area contributed by atoms with Crippen LogP contribution >= 0.6 is 0 Å². The Morgan fingerprint density at radius 2 is 1.63 bits per heavy atom. The largest absolute Gasteiger partial charge is 0.466 e. The van der Waals surface area contributed by atoms with Crippen LogP contribution < -0.4 is 5.19 Å². The Balaban J connectivity index is 2.56. The summed E-state index contributed by atoms with van der Waals surface area (Å²) in [7, 11) is -0.481. The number of hydrogen-bond donors (Lipinski definition) is 0. The second kappa shape index (κ2) is 15.2. The highest BCUT2D eigenvalue weighted by Crippen LogP contribution is 2.55. The van der Waals surface area contributed by atoms with Crippen molar-refractivity contribution in [2.24, 2.45) is 5.92 Å². The Hall–Kier alpha value is -2.49. The summed E-state index contributed by atoms with van der Waals surface area (Å²) in [5.74, 6) is -1.01. The van der Waals surface area contributed by atoms with Crippen LogP contribution in [0.3, 0.4) is 0 Å². The maximum Gasteiger partial charge on any atom is 0.330 e. The predicted octanol–water partition coefficient (Wildman–Crippen LogP) is 4.40. The van der Waals surface area contributed by atoms with Crippen LogP contribution in [0.1, 0.15) is 52.9 Å². The molecule has 1 aromatic carbocycles. The zero-order valence-corrected chi connectivity index (χ0v) is 24.9. The fourth-order valence-corrected chi connectivity index (χ4v) is 9.86. The molecule has 8 nitrogen and oxygen atoms in total. The van der Waals surface area contributed by atoms with Crippen LogP contribution in [-0.2, 0) is 33.4 Å². The smallest absolute Gasteiger partial charge is 0.330 e. The van der Waals surface area contributed by atoms with Gasteiger partial charge in [0, 0.05) is 12.5 Å². The van der Waals surface area contributed by atoms with Gasteiger partial charge in [-0.25, -0.2) is 4.79 Å². The fourth-order valence-electron chi connectivity index (χ4n) is 6.03. The summed E-state index contributed by atoms with van der Waals surface area (Å²) < 4.78 is 15.6. The summed E-state index contributed by atoms with van der Waals surface area (Å²) >= 11 is 0. The number of esters is 3. The van der Waals surface area contributed by atoms with E-state index in [-0.39, 0.29) is 37.4 Å². The van der Waals surface area contributed by atoms with Gasteiger partial charge in [0.05, 0.1) is 40.5 Å². The standard InChI is InChI=1S/C29H45NO7Si/c1-7-35-26(31)16-13-20-29(30(34-4)22-28(33)37-9-3)21-19-25(24(29)17-18-27(32)36-8-2)38(5,6)23-14-11-10-12-15-23/h10-16,24-25H,7-9,17-22H2,1-6H3/b16-13+/t24-,25+,29+/m1/s1. The molecular weight excluding hydrogens is 502 g/mol. The second-order valence-electron chi connectivity index (χ2n) is 10.2. The van der Waals surface area contributed by atoms with Crippen molar-refractivity contribution in [1.82, 2.24) is 5.06 Å². The number of benzene rings is 1. The van der Waals surface area contributed by atoms with E-state index in [2.05, 4.69) is 37.4 Å². The van der Waals surface area contributed by atoms with Crippen molar-refractivity contribution in [3.8, 4) is 0 Å². The first kappa shape index (κ1) is 31.7. The maximum absolute atomic E-state index is 12.6. The minimum Gasteiger partial charge on any atom is -0.466 e. The lowest BCUT2D eigenvalue weighted by atomic mass is 9.80. The van der Waals surface area contributed by atoms with Crippen molar-refractivity contribution in [3.05, 3.63) is 42.5 Å². The Bertz CT molecular complexity index is 936. The van der Waals surface area contributed by atoms with Crippen molar-refractivity contribution in [2.75, 3.05) is 33.5 Å². The highest BCUT2D eigenvalue weighted by Gasteiger charge is 2.56. The predicted molar refractivity (Wildman–Crippen MR) is 149 cm³/mol. The van der Waals surface area contributed by atoms with Gasteiger partial charge in [-0.3, -0.25) is 9.59 Å². The van der Waals surface area contributed by atoms with Crippen LogP contribution in [0.2, 0.25) is 18.6 Å². The van der Waals surface area contributed by atoms with Gasteiger partial charge in [-0.1, -0.05) is 61.1 Å². The zero-order chi connectivity index (χ0) is 28.2. The first-order chi connectivity index (χ1) is 18.2. The molecule has 1 fully saturated rings. The minimum absolute atomic E-state index is 0.00926. The van der Waals surface area contributed by atoms with Gasteiger partial charge in [0.25, 0.3) is 0 Å². The molecule has 0 bridgehead atoms. The van der Waals surface area contributed by atoms with Crippen LogP contribution in [0.15, 0.2) is 42.5 Å². The molecule has 9 heteroatoms. The van der Waals surface area contributed by atoms with Crippen LogP contribution in [0.25, 0.3) is 0 Å². The zero-order valence-electron chi connectivity index (χ0n) is 23.9. The van der Waals surface area contributed by atoms with Crippen LogP contribution in [0, 0.1) is 5.92 Å². The van der Waals surface area contributed by atoms with Gasteiger partial charge in [0.1, 0.15) is 6.54 Å². The number of ether oxygens (including phenoxy) is 3. The van der Waals surface area contributed by atoms with Gasteiger partial charge in [-0.2, -0.15) is 5.06 Å². The molecule has 2 rings (SSSR count). The van der Waals surface area contributed by atoms with Crippen LogP contribution in [0.4, 0.5) is 0 Å². The first-order valence-corrected chi connectivity index (χ1v) is 16.8. The molecule has 38 heavy (non-hydrogen) atoms. The minimum atomic E-state index is -2.04. The third kappa shape index (κ3) is 8.00. The summed E-state index contributed by atoms with van der Waals surface area (Å²) in [6.45, 7) is 10.9. The van der Waals surface area contributed by atoms with E-state index in [1.165, 1.54) is 11.3 Å². The monoisotopic (exact) mass is 547 g/mol. The number of nitrogens with zero attached hydrogens (tertiary/aromatic N) is 1. The van der Waals surface area contributed by atoms with E-state index < -0.39 is 19.6 Å². The van der Waals surface area contributed by atoms with Crippen molar-refractivity contribution < 1.29 is 33.4 Å². The number of hydrogen-bond acceptors (Lipinski definition) is 8. The molecule has 0 aliphatic heterocycles. The third-order valence-electron chi connectivity index (χ3n) is 7.78. The van der Waals surface area contributed by atoms with Crippen molar-refractivity contribution in [3.63, 3.8) is 0 Å². The van der Waals surface area contributed by atoms with E-state index in [0.29, 0.717) is 31.6 Å². The Morgan fingerprint density at radius 1 is 1.00 bits per heavy atom. The van der Waals surface area contributed by atoms with Gasteiger partial charge in [-0.15, -0.1) is 0 Å². The van der Waals surface area contributed by atoms with Gasteiger partial charge in [-0.05, 0) is 51.5 Å². The molecule has 0 unspecified atom stereocenters. The molecular formula is C29H45NO7Si. The van der Waals surface area contributed by atoms with Gasteiger partial charge >= 0.3 is 17.9 Å². The van der Waals surface area contributed by atoms with E-state index in [1.807, 2.05) is 12.1 Å². The van der Waals surface area contributed by atoms with E-state index in [9.17, 15) is 14.4 Å². The topological polar surface area (TPSA) is 91.4 Å². The Labute approximate surface area is 228 Å². The lowest BCUT2D eigenvalue weighted by Gasteiger charge is -2.46. The van der Waals surface area contributed by atoms with Gasteiger partial charge in [0.2, 0.25) is 0 Å². The maximum atomic E-state index is 12.6. The molecule has 0 heterocycles. The normalized spacial score (nSPS) is 21.6. The number of hydroxylamine groups is 2. The van der Waals surface area contributed by atoms with Crippen LogP contribution in [0.5, 0.6) is 0 Å². The first-order valence-electron chi connectivity index (χ1n) is 13.7. The second-order valence-corrected chi connectivity index (χ2v) is 14.9. The summed E-state index contributed by atoms with van der Waals surface area (Å²) in [5, 5.41) is 3.07. The SMILES string of the molecule is CCOC(=O)/C=C/C[C@]1(N(CC(=O)OCC)OC)CC[C@H]([Si](C)(C)c2ccccc2)[C@H]1CCC(=O)OCC. The summed E-state index contributed by atoms with van der Waals surface area (Å²) in [6, 6.07) is 10.6. The van der Waals surface area contributed by atoms with Crippen molar-refractivity contribution in [1.29, 1.82) is 0 Å². The molecule has 0 amide bonds. The molecule has 0 aromatic heterocycles. The van der Waals surface area contributed by atoms with E-state index >= 15 is 0 Å². The molecule has 1 saturated carbocycles.